The minimum Gasteiger partial charge on any atom is -0.462 e. The quantitative estimate of drug-likeness (QED) is 0.0261. The van der Waals surface area contributed by atoms with Gasteiger partial charge in [-0.2, -0.15) is 0 Å². The molecule has 0 aromatic carbocycles. The molecule has 464 valence electrons. The van der Waals surface area contributed by atoms with Crippen LogP contribution in [0.25, 0.3) is 0 Å². The molecular weight excluding hydrogens is 997 g/mol. The van der Waals surface area contributed by atoms with E-state index in [0.29, 0.717) is 19.3 Å². The first kappa shape index (κ1) is 77.1. The number of hydrogen-bond donors (Lipinski definition) is 0. The highest BCUT2D eigenvalue weighted by molar-refractivity contribution is 5.71. The lowest BCUT2D eigenvalue weighted by Crippen LogP contribution is -2.30. The second-order valence-electron chi connectivity index (χ2n) is 22.7. The largest absolute Gasteiger partial charge is 0.462 e. The van der Waals surface area contributed by atoms with Crippen LogP contribution in [0.5, 0.6) is 0 Å². The van der Waals surface area contributed by atoms with E-state index in [0.717, 1.165) is 122 Å². The van der Waals surface area contributed by atoms with Crippen LogP contribution in [0.3, 0.4) is 0 Å². The van der Waals surface area contributed by atoms with E-state index in [1.807, 2.05) is 0 Å². The van der Waals surface area contributed by atoms with Crippen LogP contribution in [-0.4, -0.2) is 37.2 Å². The fourth-order valence-corrected chi connectivity index (χ4v) is 9.70. The van der Waals surface area contributed by atoms with Gasteiger partial charge in [-0.15, -0.1) is 0 Å². The lowest BCUT2D eigenvalue weighted by molar-refractivity contribution is -0.167. The first-order valence-electron chi connectivity index (χ1n) is 34.4. The molecule has 0 bridgehead atoms. The van der Waals surface area contributed by atoms with Gasteiger partial charge in [-0.3, -0.25) is 14.4 Å². The highest BCUT2D eigenvalue weighted by atomic mass is 16.6. The predicted octanol–water partition coefficient (Wildman–Crippen LogP) is 23.8. The summed E-state index contributed by atoms with van der Waals surface area (Å²) in [4.78, 5) is 38.0. The fourth-order valence-electron chi connectivity index (χ4n) is 9.70. The molecule has 81 heavy (non-hydrogen) atoms. The third-order valence-corrected chi connectivity index (χ3v) is 14.8. The summed E-state index contributed by atoms with van der Waals surface area (Å²) < 4.78 is 16.8. The van der Waals surface area contributed by atoms with Crippen molar-refractivity contribution >= 4 is 17.9 Å². The van der Waals surface area contributed by atoms with Crippen LogP contribution in [0.1, 0.15) is 329 Å². The van der Waals surface area contributed by atoms with Gasteiger partial charge in [-0.05, 0) is 103 Å². The second kappa shape index (κ2) is 68.6. The molecule has 0 aromatic rings. The van der Waals surface area contributed by atoms with Gasteiger partial charge in [-0.1, -0.05) is 316 Å². The van der Waals surface area contributed by atoms with E-state index in [-0.39, 0.29) is 31.1 Å². The minimum atomic E-state index is -0.776. The molecule has 6 nitrogen and oxygen atoms in total. The van der Waals surface area contributed by atoms with Crippen molar-refractivity contribution in [2.45, 2.75) is 335 Å². The number of allylic oxidation sites excluding steroid dienone is 18. The van der Waals surface area contributed by atoms with Crippen molar-refractivity contribution in [2.75, 3.05) is 13.2 Å². The molecule has 0 spiro atoms. The van der Waals surface area contributed by atoms with Crippen molar-refractivity contribution in [3.05, 3.63) is 109 Å². The zero-order chi connectivity index (χ0) is 58.5. The minimum absolute atomic E-state index is 0.0761. The Bertz CT molecular complexity index is 1620. The Hall–Kier alpha value is -3.93. The average molecular weight is 1130 g/mol. The van der Waals surface area contributed by atoms with Gasteiger partial charge in [0.2, 0.25) is 0 Å². The van der Waals surface area contributed by atoms with Gasteiger partial charge in [0.1, 0.15) is 13.2 Å². The van der Waals surface area contributed by atoms with Crippen LogP contribution in [0.2, 0.25) is 0 Å². The topological polar surface area (TPSA) is 78.9 Å². The number of esters is 3. The molecule has 6 heteroatoms. The van der Waals surface area contributed by atoms with Crippen LogP contribution in [0.4, 0.5) is 0 Å². The summed E-state index contributed by atoms with van der Waals surface area (Å²) in [6.07, 6.45) is 94.5. The second-order valence-corrected chi connectivity index (χ2v) is 22.7. The third kappa shape index (κ3) is 66.8. The number of ether oxygens (including phenoxy) is 3. The SMILES string of the molecule is CC/C=C\C/C=C\C/C=C\C/C=C\C/C=C\CCCCCCCCCCCCCC(=O)OC(COC(=O)CCCCCCC)COC(=O)CCCCCCCCCCCCCCCCCCCC/C=C\C/C=C\C/C=C\C/C=C\CC. The number of carbonyl (C=O) groups excluding carboxylic acids is 3. The van der Waals surface area contributed by atoms with Crippen molar-refractivity contribution < 1.29 is 28.6 Å². The Labute approximate surface area is 501 Å². The zero-order valence-corrected chi connectivity index (χ0v) is 53.3. The summed E-state index contributed by atoms with van der Waals surface area (Å²) in [7, 11) is 0. The summed E-state index contributed by atoms with van der Waals surface area (Å²) >= 11 is 0. The molecule has 0 aromatic heterocycles. The molecule has 0 radical (unpaired) electrons. The highest BCUT2D eigenvalue weighted by Gasteiger charge is 2.19. The van der Waals surface area contributed by atoms with Gasteiger partial charge in [0.25, 0.3) is 0 Å². The van der Waals surface area contributed by atoms with Crippen molar-refractivity contribution in [1.82, 2.24) is 0 Å². The molecule has 0 saturated carbocycles. The van der Waals surface area contributed by atoms with E-state index in [2.05, 4.69) is 130 Å². The Kier molecular flexibility index (Phi) is 65.2. The lowest BCUT2D eigenvalue weighted by atomic mass is 10.0. The monoisotopic (exact) mass is 1120 g/mol. The molecule has 0 aliphatic rings. The van der Waals surface area contributed by atoms with Gasteiger partial charge in [0.05, 0.1) is 0 Å². The van der Waals surface area contributed by atoms with E-state index in [1.54, 1.807) is 0 Å². The first-order valence-corrected chi connectivity index (χ1v) is 34.4. The maximum absolute atomic E-state index is 12.9. The molecule has 1 unspecified atom stereocenters. The van der Waals surface area contributed by atoms with Gasteiger partial charge in [0, 0.05) is 19.3 Å². The summed E-state index contributed by atoms with van der Waals surface area (Å²) in [6, 6.07) is 0. The predicted molar refractivity (Wildman–Crippen MR) is 353 cm³/mol. The van der Waals surface area contributed by atoms with E-state index < -0.39 is 6.10 Å². The molecule has 0 heterocycles. The highest BCUT2D eigenvalue weighted by Crippen LogP contribution is 2.17. The molecule has 0 aliphatic carbocycles. The fraction of sp³-hybridized carbons (Fsp3) is 0.720. The smallest absolute Gasteiger partial charge is 0.306 e. The molecule has 0 fully saturated rings. The molecule has 0 aliphatic heterocycles. The molecule has 0 N–H and O–H groups in total. The Morgan fingerprint density at radius 3 is 0.753 bits per heavy atom. The Morgan fingerprint density at radius 2 is 0.481 bits per heavy atom. The van der Waals surface area contributed by atoms with Gasteiger partial charge in [-0.25, -0.2) is 0 Å². The summed E-state index contributed by atoms with van der Waals surface area (Å²) in [5, 5.41) is 0. The summed E-state index contributed by atoms with van der Waals surface area (Å²) in [5.41, 5.74) is 0. The van der Waals surface area contributed by atoms with E-state index in [9.17, 15) is 14.4 Å². The molecule has 0 saturated heterocycles. The molecule has 0 amide bonds. The van der Waals surface area contributed by atoms with Crippen molar-refractivity contribution in [3.63, 3.8) is 0 Å². The average Bonchev–Trinajstić information content (AvgIpc) is 3.47. The van der Waals surface area contributed by atoms with E-state index in [4.69, 9.17) is 14.2 Å². The zero-order valence-electron chi connectivity index (χ0n) is 53.3. The van der Waals surface area contributed by atoms with Gasteiger partial charge in [0.15, 0.2) is 6.10 Å². The molecular formula is C75H128O6. The van der Waals surface area contributed by atoms with Gasteiger partial charge >= 0.3 is 17.9 Å². The number of hydrogen-bond acceptors (Lipinski definition) is 6. The maximum Gasteiger partial charge on any atom is 0.306 e. The maximum atomic E-state index is 12.9. The summed E-state index contributed by atoms with van der Waals surface area (Å²) in [5.74, 6) is -0.882. The van der Waals surface area contributed by atoms with E-state index >= 15 is 0 Å². The normalized spacial score (nSPS) is 12.8. The van der Waals surface area contributed by atoms with Crippen LogP contribution in [-0.2, 0) is 28.6 Å². The molecule has 0 rings (SSSR count). The van der Waals surface area contributed by atoms with E-state index in [1.165, 1.54) is 167 Å². The number of carbonyl (C=O) groups is 3. The third-order valence-electron chi connectivity index (χ3n) is 14.8. The first-order chi connectivity index (χ1) is 40.0. The van der Waals surface area contributed by atoms with Crippen LogP contribution < -0.4 is 0 Å². The van der Waals surface area contributed by atoms with Crippen molar-refractivity contribution in [3.8, 4) is 0 Å². The van der Waals surface area contributed by atoms with Crippen LogP contribution in [0, 0.1) is 0 Å². The molecule has 1 atom stereocenters. The summed E-state index contributed by atoms with van der Waals surface area (Å²) in [6.45, 7) is 6.36. The van der Waals surface area contributed by atoms with Gasteiger partial charge < -0.3 is 14.2 Å². The standard InChI is InChI=1S/C75H128O6/c1-4-7-10-13-15-17-19-21-23-25-27-29-31-33-35-36-37-38-40-41-43-45-47-49-51-53-55-57-59-62-65-68-74(77)80-71-72(70-79-73(76)67-64-61-12-9-6-3)81-75(78)69-66-63-60-58-56-54-52-50-48-46-44-42-39-34-32-30-28-26-24-22-20-18-16-14-11-8-5-2/h7-8,10-11,15-18,21-24,27-30,34,39,72H,4-6,9,12-14,19-20,25-26,31-33,35-38,40-71H2,1-3H3/b10-7-,11-8-,17-15-,18-16-,23-21-,24-22-,29-27-,30-28-,39-34-. The number of unbranched alkanes of at least 4 members (excludes halogenated alkanes) is 33. The lowest BCUT2D eigenvalue weighted by Gasteiger charge is -2.18. The van der Waals surface area contributed by atoms with Crippen molar-refractivity contribution in [1.29, 1.82) is 0 Å². The Morgan fingerprint density at radius 1 is 0.259 bits per heavy atom. The Balaban J connectivity index is 3.98. The number of rotatable bonds is 62. The van der Waals surface area contributed by atoms with Crippen LogP contribution in [0.15, 0.2) is 109 Å². The van der Waals surface area contributed by atoms with Crippen LogP contribution >= 0.6 is 0 Å². The van der Waals surface area contributed by atoms with Crippen molar-refractivity contribution in [2.24, 2.45) is 0 Å².